The van der Waals surface area contributed by atoms with Gasteiger partial charge in [0.25, 0.3) is 0 Å². The van der Waals surface area contributed by atoms with E-state index in [0.717, 1.165) is 18.4 Å². The summed E-state index contributed by atoms with van der Waals surface area (Å²) in [5.74, 6) is -0.925. The van der Waals surface area contributed by atoms with Gasteiger partial charge < -0.3 is 9.84 Å². The number of fused-ring (bicyclic) bond motifs is 1. The molecule has 19 heavy (non-hydrogen) atoms. The molecule has 0 spiro atoms. The first-order valence-corrected chi connectivity index (χ1v) is 6.43. The van der Waals surface area contributed by atoms with E-state index in [2.05, 4.69) is 4.98 Å². The van der Waals surface area contributed by atoms with E-state index in [-0.39, 0.29) is 5.60 Å². The van der Waals surface area contributed by atoms with Gasteiger partial charge in [-0.05, 0) is 43.5 Å². The first-order valence-electron chi connectivity index (χ1n) is 6.43. The number of ether oxygens (including phenoxy) is 1. The molecule has 1 N–H and O–H groups in total. The molecule has 4 nitrogen and oxygen atoms in total. The number of benzene rings is 1. The first-order chi connectivity index (χ1) is 9.16. The Kier molecular flexibility index (Phi) is 2.75. The number of hydrogen-bond acceptors (Lipinski definition) is 3. The van der Waals surface area contributed by atoms with Gasteiger partial charge in [0.2, 0.25) is 0 Å². The lowest BCUT2D eigenvalue weighted by atomic mass is 10.0. The summed E-state index contributed by atoms with van der Waals surface area (Å²) in [6.07, 6.45) is 3.52. The van der Waals surface area contributed by atoms with E-state index in [9.17, 15) is 9.90 Å². The molecule has 0 radical (unpaired) electrons. The van der Waals surface area contributed by atoms with Gasteiger partial charge in [-0.3, -0.25) is 4.98 Å². The van der Waals surface area contributed by atoms with Crippen molar-refractivity contribution in [2.24, 2.45) is 0 Å². The molecule has 0 saturated heterocycles. The zero-order valence-corrected chi connectivity index (χ0v) is 10.7. The van der Waals surface area contributed by atoms with Crippen LogP contribution < -0.4 is 0 Å². The largest absolute Gasteiger partial charge is 0.478 e. The summed E-state index contributed by atoms with van der Waals surface area (Å²) in [4.78, 5) is 15.5. The summed E-state index contributed by atoms with van der Waals surface area (Å²) in [6.45, 7) is 2.64. The second kappa shape index (κ2) is 4.31. The van der Waals surface area contributed by atoms with Crippen molar-refractivity contribution in [3.05, 3.63) is 41.6 Å². The Labute approximate surface area is 111 Å². The van der Waals surface area contributed by atoms with Crippen LogP contribution in [0.1, 0.15) is 35.7 Å². The number of aromatic carboxylic acids is 1. The molecule has 0 amide bonds. The number of hydrogen-bond donors (Lipinski definition) is 1. The van der Waals surface area contributed by atoms with Gasteiger partial charge in [-0.15, -0.1) is 0 Å². The maximum absolute atomic E-state index is 11.3. The van der Waals surface area contributed by atoms with Gasteiger partial charge in [0.05, 0.1) is 16.7 Å². The first kappa shape index (κ1) is 12.1. The number of carbonyl (C=O) groups is 1. The van der Waals surface area contributed by atoms with Crippen LogP contribution in [0.15, 0.2) is 30.5 Å². The van der Waals surface area contributed by atoms with Crippen molar-refractivity contribution in [1.29, 1.82) is 0 Å². The van der Waals surface area contributed by atoms with Crippen LogP contribution in [0.4, 0.5) is 0 Å². The molecule has 1 aromatic heterocycles. The maximum atomic E-state index is 11.3. The maximum Gasteiger partial charge on any atom is 0.336 e. The standard InChI is InChI=1S/C15H15NO3/c1-2-19-15(6-7-15)10-3-4-13-12(9-10)11(14(17)18)5-8-16-13/h3-5,8-9H,2,6-7H2,1H3,(H,17,18). The normalized spacial score (nSPS) is 16.5. The molecule has 1 heterocycles. The van der Waals surface area contributed by atoms with E-state index >= 15 is 0 Å². The fourth-order valence-electron chi connectivity index (χ4n) is 2.52. The fraction of sp³-hybridized carbons (Fsp3) is 0.333. The van der Waals surface area contributed by atoms with Gasteiger partial charge in [0.15, 0.2) is 0 Å². The van der Waals surface area contributed by atoms with Gasteiger partial charge in [0, 0.05) is 18.2 Å². The Bertz CT molecular complexity index is 647. The topological polar surface area (TPSA) is 59.4 Å². The monoisotopic (exact) mass is 257 g/mol. The third kappa shape index (κ3) is 1.98. The van der Waals surface area contributed by atoms with Gasteiger partial charge in [-0.25, -0.2) is 4.79 Å². The number of nitrogens with zero attached hydrogens (tertiary/aromatic N) is 1. The Morgan fingerprint density at radius 1 is 1.42 bits per heavy atom. The number of carboxylic acid groups (broad SMARTS) is 1. The summed E-state index contributed by atoms with van der Waals surface area (Å²) < 4.78 is 5.81. The highest BCUT2D eigenvalue weighted by atomic mass is 16.5. The molecule has 0 unspecified atom stereocenters. The molecule has 1 aliphatic rings. The number of pyridine rings is 1. The van der Waals surface area contributed by atoms with E-state index in [0.29, 0.717) is 23.1 Å². The molecule has 0 aliphatic heterocycles. The molecule has 0 atom stereocenters. The zero-order valence-electron chi connectivity index (χ0n) is 10.7. The molecule has 1 aliphatic carbocycles. The lowest BCUT2D eigenvalue weighted by molar-refractivity contribution is 0.0396. The molecule has 2 aromatic rings. The molecule has 98 valence electrons. The predicted molar refractivity (Wildman–Crippen MR) is 71.2 cm³/mol. The number of aromatic nitrogens is 1. The lowest BCUT2D eigenvalue weighted by Gasteiger charge is -2.16. The third-order valence-electron chi connectivity index (χ3n) is 3.62. The van der Waals surface area contributed by atoms with E-state index < -0.39 is 5.97 Å². The van der Waals surface area contributed by atoms with Crippen molar-refractivity contribution in [2.45, 2.75) is 25.4 Å². The Morgan fingerprint density at radius 2 is 2.21 bits per heavy atom. The minimum Gasteiger partial charge on any atom is -0.478 e. The lowest BCUT2D eigenvalue weighted by Crippen LogP contribution is -2.12. The highest BCUT2D eigenvalue weighted by molar-refractivity contribution is 6.02. The van der Waals surface area contributed by atoms with Crippen LogP contribution in [0.5, 0.6) is 0 Å². The van der Waals surface area contributed by atoms with Gasteiger partial charge in [0.1, 0.15) is 0 Å². The molecule has 1 aromatic carbocycles. The van der Waals surface area contributed by atoms with Crippen molar-refractivity contribution in [3.8, 4) is 0 Å². The van der Waals surface area contributed by atoms with Crippen molar-refractivity contribution < 1.29 is 14.6 Å². The highest BCUT2D eigenvalue weighted by Gasteiger charge is 2.45. The van der Waals surface area contributed by atoms with Crippen molar-refractivity contribution in [2.75, 3.05) is 6.61 Å². The smallest absolute Gasteiger partial charge is 0.336 e. The second-order valence-electron chi connectivity index (χ2n) is 4.82. The van der Waals surface area contributed by atoms with Gasteiger partial charge in [-0.2, -0.15) is 0 Å². The van der Waals surface area contributed by atoms with E-state index in [1.54, 1.807) is 0 Å². The Hall–Kier alpha value is -1.94. The molecular weight excluding hydrogens is 242 g/mol. The summed E-state index contributed by atoms with van der Waals surface area (Å²) in [6, 6.07) is 7.31. The third-order valence-corrected chi connectivity index (χ3v) is 3.62. The average molecular weight is 257 g/mol. The Morgan fingerprint density at radius 3 is 2.84 bits per heavy atom. The Balaban J connectivity index is 2.14. The van der Waals surface area contributed by atoms with Crippen molar-refractivity contribution in [1.82, 2.24) is 4.98 Å². The van der Waals surface area contributed by atoms with Crippen LogP contribution in [0.25, 0.3) is 10.9 Å². The minimum absolute atomic E-state index is 0.200. The SMILES string of the molecule is CCOC1(c2ccc3nccc(C(=O)O)c3c2)CC1. The fourth-order valence-corrected chi connectivity index (χ4v) is 2.52. The van der Waals surface area contributed by atoms with Crippen LogP contribution in [0.3, 0.4) is 0 Å². The number of rotatable bonds is 4. The predicted octanol–water partition coefficient (Wildman–Crippen LogP) is 2.96. The van der Waals surface area contributed by atoms with Crippen LogP contribution in [0.2, 0.25) is 0 Å². The minimum atomic E-state index is -0.925. The summed E-state index contributed by atoms with van der Waals surface area (Å²) in [5, 5.41) is 9.92. The van der Waals surface area contributed by atoms with Crippen LogP contribution in [0, 0.1) is 0 Å². The molecule has 1 fully saturated rings. The second-order valence-corrected chi connectivity index (χ2v) is 4.82. The average Bonchev–Trinajstić information content (AvgIpc) is 3.18. The molecule has 4 heteroatoms. The van der Waals surface area contributed by atoms with E-state index in [4.69, 9.17) is 4.74 Å². The summed E-state index contributed by atoms with van der Waals surface area (Å²) in [5.41, 5.74) is 1.85. The van der Waals surface area contributed by atoms with Crippen molar-refractivity contribution >= 4 is 16.9 Å². The van der Waals surface area contributed by atoms with E-state index in [1.807, 2.05) is 25.1 Å². The summed E-state index contributed by atoms with van der Waals surface area (Å²) >= 11 is 0. The molecular formula is C15H15NO3. The van der Waals surface area contributed by atoms with Gasteiger partial charge >= 0.3 is 5.97 Å². The van der Waals surface area contributed by atoms with Gasteiger partial charge in [-0.1, -0.05) is 6.07 Å². The number of carboxylic acids is 1. The molecule has 3 rings (SSSR count). The zero-order chi connectivity index (χ0) is 13.5. The van der Waals surface area contributed by atoms with Crippen LogP contribution in [-0.4, -0.2) is 22.7 Å². The summed E-state index contributed by atoms with van der Waals surface area (Å²) in [7, 11) is 0. The van der Waals surface area contributed by atoms with Crippen LogP contribution in [-0.2, 0) is 10.3 Å². The molecule has 0 bridgehead atoms. The molecule has 1 saturated carbocycles. The van der Waals surface area contributed by atoms with E-state index in [1.165, 1.54) is 12.3 Å². The van der Waals surface area contributed by atoms with Crippen LogP contribution >= 0.6 is 0 Å². The highest BCUT2D eigenvalue weighted by Crippen LogP contribution is 2.49. The van der Waals surface area contributed by atoms with Crippen molar-refractivity contribution in [3.63, 3.8) is 0 Å². The quantitative estimate of drug-likeness (QED) is 0.914.